The summed E-state index contributed by atoms with van der Waals surface area (Å²) in [6.45, 7) is 0.282. The van der Waals surface area contributed by atoms with Crippen molar-refractivity contribution in [1.29, 1.82) is 0 Å². The van der Waals surface area contributed by atoms with E-state index < -0.39 is 10.0 Å². The minimum absolute atomic E-state index is 0.0482. The molecule has 0 spiro atoms. The van der Waals surface area contributed by atoms with Gasteiger partial charge in [-0.15, -0.1) is 0 Å². The average molecular weight is 311 g/mol. The number of hydrogen-bond acceptors (Lipinski definition) is 4. The molecule has 0 aromatic heterocycles. The second-order valence-electron chi connectivity index (χ2n) is 5.53. The number of nitrogens with one attached hydrogen (secondary N) is 1. The van der Waals surface area contributed by atoms with Gasteiger partial charge in [-0.2, -0.15) is 0 Å². The molecule has 1 aromatic carbocycles. The van der Waals surface area contributed by atoms with Gasteiger partial charge in [0.05, 0.1) is 4.90 Å². The van der Waals surface area contributed by atoms with E-state index in [0.29, 0.717) is 12.0 Å². The first-order valence-corrected chi connectivity index (χ1v) is 8.55. The quantitative estimate of drug-likeness (QED) is 0.733. The number of primary sulfonamides is 1. The Morgan fingerprint density at radius 3 is 2.71 bits per heavy atom. The van der Waals surface area contributed by atoms with Gasteiger partial charge in [-0.3, -0.25) is 4.79 Å². The fraction of sp³-hybridized carbons (Fsp3) is 0.500. The molecule has 2 atom stereocenters. The second-order valence-corrected chi connectivity index (χ2v) is 7.09. The molecule has 0 radical (unpaired) electrons. The maximum absolute atomic E-state index is 11.9. The van der Waals surface area contributed by atoms with Crippen molar-refractivity contribution in [3.63, 3.8) is 0 Å². The molecule has 1 aromatic rings. The lowest BCUT2D eigenvalue weighted by atomic mass is 10.00. The molecule has 0 saturated heterocycles. The van der Waals surface area contributed by atoms with Crippen LogP contribution >= 0.6 is 0 Å². The normalized spacial score (nSPS) is 22.2. The van der Waals surface area contributed by atoms with Crippen molar-refractivity contribution in [2.75, 3.05) is 0 Å². The molecule has 0 bridgehead atoms. The summed E-state index contributed by atoms with van der Waals surface area (Å²) >= 11 is 0. The maximum Gasteiger partial charge on any atom is 0.238 e. The number of rotatable bonds is 5. The lowest BCUT2D eigenvalue weighted by Gasteiger charge is -2.14. The summed E-state index contributed by atoms with van der Waals surface area (Å²) in [5.74, 6) is 0.194. The fourth-order valence-electron chi connectivity index (χ4n) is 2.66. The Bertz CT molecular complexity index is 616. The Morgan fingerprint density at radius 2 is 2.10 bits per heavy atom. The summed E-state index contributed by atoms with van der Waals surface area (Å²) in [4.78, 5) is 11.9. The maximum atomic E-state index is 11.9. The van der Waals surface area contributed by atoms with Gasteiger partial charge >= 0.3 is 0 Å². The van der Waals surface area contributed by atoms with Gasteiger partial charge < -0.3 is 11.1 Å². The highest BCUT2D eigenvalue weighted by molar-refractivity contribution is 7.89. The molecule has 1 fully saturated rings. The molecule has 1 amide bonds. The number of nitrogens with two attached hydrogens (primary N) is 2. The zero-order valence-electron chi connectivity index (χ0n) is 11.8. The van der Waals surface area contributed by atoms with Crippen LogP contribution in [-0.2, 0) is 21.4 Å². The number of hydrogen-bond donors (Lipinski definition) is 3. The Kier molecular flexibility index (Phi) is 4.97. The van der Waals surface area contributed by atoms with Crippen LogP contribution in [0, 0.1) is 5.92 Å². The molecule has 116 valence electrons. The molecule has 2 rings (SSSR count). The van der Waals surface area contributed by atoms with E-state index >= 15 is 0 Å². The van der Waals surface area contributed by atoms with Crippen molar-refractivity contribution in [2.24, 2.45) is 16.8 Å². The molecule has 0 unspecified atom stereocenters. The molecule has 0 aliphatic heterocycles. The topological polar surface area (TPSA) is 115 Å². The van der Waals surface area contributed by atoms with Gasteiger partial charge in [0.25, 0.3) is 0 Å². The van der Waals surface area contributed by atoms with Crippen LogP contribution in [0.25, 0.3) is 0 Å². The van der Waals surface area contributed by atoms with Crippen LogP contribution in [0.5, 0.6) is 0 Å². The Balaban J connectivity index is 1.89. The molecule has 21 heavy (non-hydrogen) atoms. The van der Waals surface area contributed by atoms with Crippen LogP contribution in [0.2, 0.25) is 0 Å². The van der Waals surface area contributed by atoms with Gasteiger partial charge in [0.15, 0.2) is 0 Å². The number of benzene rings is 1. The third-order valence-electron chi connectivity index (χ3n) is 3.88. The highest BCUT2D eigenvalue weighted by Gasteiger charge is 2.25. The SMILES string of the molecule is N[C@@H]1CCC[C@H]1CC(=O)NCc1cccc(S(N)(=O)=O)c1. The summed E-state index contributed by atoms with van der Waals surface area (Å²) in [6.07, 6.45) is 3.48. The predicted octanol–water partition coefficient (Wildman–Crippen LogP) is 0.468. The summed E-state index contributed by atoms with van der Waals surface area (Å²) < 4.78 is 22.5. The van der Waals surface area contributed by atoms with Gasteiger partial charge in [-0.25, -0.2) is 13.6 Å². The minimum atomic E-state index is -3.72. The summed E-state index contributed by atoms with van der Waals surface area (Å²) in [5.41, 5.74) is 6.64. The summed E-state index contributed by atoms with van der Waals surface area (Å²) in [6, 6.07) is 6.36. The third kappa shape index (κ3) is 4.52. The number of carbonyl (C=O) groups excluding carboxylic acids is 1. The molecule has 1 saturated carbocycles. The van der Waals surface area contributed by atoms with Crippen LogP contribution in [0.4, 0.5) is 0 Å². The Hall–Kier alpha value is -1.44. The van der Waals surface area contributed by atoms with Gasteiger partial charge in [-0.05, 0) is 36.5 Å². The molecular weight excluding hydrogens is 290 g/mol. The molecule has 5 N–H and O–H groups in total. The van der Waals surface area contributed by atoms with E-state index in [2.05, 4.69) is 5.32 Å². The molecule has 0 heterocycles. The van der Waals surface area contributed by atoms with Gasteiger partial charge in [0.1, 0.15) is 0 Å². The van der Waals surface area contributed by atoms with Crippen molar-refractivity contribution >= 4 is 15.9 Å². The van der Waals surface area contributed by atoms with Crippen LogP contribution in [-0.4, -0.2) is 20.4 Å². The van der Waals surface area contributed by atoms with E-state index in [1.54, 1.807) is 12.1 Å². The van der Waals surface area contributed by atoms with Crippen LogP contribution in [0.15, 0.2) is 29.2 Å². The minimum Gasteiger partial charge on any atom is -0.352 e. The van der Waals surface area contributed by atoms with Crippen LogP contribution in [0.1, 0.15) is 31.2 Å². The predicted molar refractivity (Wildman–Crippen MR) is 79.6 cm³/mol. The lowest BCUT2D eigenvalue weighted by molar-refractivity contribution is -0.122. The summed E-state index contributed by atoms with van der Waals surface area (Å²) in [5, 5.41) is 7.87. The first-order chi connectivity index (χ1) is 9.86. The van der Waals surface area contributed by atoms with E-state index in [4.69, 9.17) is 10.9 Å². The van der Waals surface area contributed by atoms with E-state index in [0.717, 1.165) is 19.3 Å². The smallest absolute Gasteiger partial charge is 0.238 e. The average Bonchev–Trinajstić information content (AvgIpc) is 2.81. The van der Waals surface area contributed by atoms with Gasteiger partial charge in [0.2, 0.25) is 15.9 Å². The molecule has 1 aliphatic carbocycles. The van der Waals surface area contributed by atoms with Crippen LogP contribution < -0.4 is 16.2 Å². The highest BCUT2D eigenvalue weighted by Crippen LogP contribution is 2.26. The number of sulfonamides is 1. The van der Waals surface area contributed by atoms with Crippen molar-refractivity contribution < 1.29 is 13.2 Å². The van der Waals surface area contributed by atoms with Crippen molar-refractivity contribution in [3.8, 4) is 0 Å². The highest BCUT2D eigenvalue weighted by atomic mass is 32.2. The summed E-state index contributed by atoms with van der Waals surface area (Å²) in [7, 11) is -3.72. The first kappa shape index (κ1) is 15.9. The third-order valence-corrected chi connectivity index (χ3v) is 4.79. The standard InChI is InChI=1S/C14H21N3O3S/c15-13-6-2-4-11(13)8-14(18)17-9-10-3-1-5-12(7-10)21(16,19)20/h1,3,5,7,11,13H,2,4,6,8-9,15H2,(H,17,18)(H2,16,19,20)/t11-,13+/m0/s1. The molecule has 6 nitrogen and oxygen atoms in total. The lowest BCUT2D eigenvalue weighted by Crippen LogP contribution is -2.31. The molecule has 7 heteroatoms. The van der Waals surface area contributed by atoms with E-state index in [-0.39, 0.29) is 29.3 Å². The largest absolute Gasteiger partial charge is 0.352 e. The number of amides is 1. The van der Waals surface area contributed by atoms with Gasteiger partial charge in [-0.1, -0.05) is 18.6 Å². The van der Waals surface area contributed by atoms with Gasteiger partial charge in [0, 0.05) is 19.0 Å². The van der Waals surface area contributed by atoms with E-state index in [1.165, 1.54) is 12.1 Å². The van der Waals surface area contributed by atoms with E-state index in [1.807, 2.05) is 0 Å². The Labute approximate surface area is 124 Å². The van der Waals surface area contributed by atoms with Crippen molar-refractivity contribution in [2.45, 2.75) is 43.2 Å². The van der Waals surface area contributed by atoms with Crippen LogP contribution in [0.3, 0.4) is 0 Å². The van der Waals surface area contributed by atoms with Crippen molar-refractivity contribution in [3.05, 3.63) is 29.8 Å². The molecule has 1 aliphatic rings. The molecular formula is C14H21N3O3S. The zero-order valence-corrected chi connectivity index (χ0v) is 12.6. The monoisotopic (exact) mass is 311 g/mol. The first-order valence-electron chi connectivity index (χ1n) is 7.00. The van der Waals surface area contributed by atoms with E-state index in [9.17, 15) is 13.2 Å². The Morgan fingerprint density at radius 1 is 1.33 bits per heavy atom. The second kappa shape index (κ2) is 6.55. The fourth-order valence-corrected chi connectivity index (χ4v) is 3.25. The number of carbonyl (C=O) groups is 1. The van der Waals surface area contributed by atoms with Crippen molar-refractivity contribution in [1.82, 2.24) is 5.32 Å². The zero-order chi connectivity index (χ0) is 15.5.